The minimum absolute atomic E-state index is 0.0206. The zero-order valence-corrected chi connectivity index (χ0v) is 12.4. The number of hydrogen-bond donors (Lipinski definition) is 1. The minimum Gasteiger partial charge on any atom is -0.364 e. The van der Waals surface area contributed by atoms with Gasteiger partial charge < -0.3 is 4.84 Å². The summed E-state index contributed by atoms with van der Waals surface area (Å²) >= 11 is 0. The van der Waals surface area contributed by atoms with Gasteiger partial charge in [0.15, 0.2) is 5.84 Å². The zero-order chi connectivity index (χ0) is 15.6. The van der Waals surface area contributed by atoms with Crippen molar-refractivity contribution in [1.82, 2.24) is 5.01 Å². The van der Waals surface area contributed by atoms with Gasteiger partial charge in [0.25, 0.3) is 5.69 Å². The number of oxime groups is 1. The molecule has 1 aromatic rings. The van der Waals surface area contributed by atoms with E-state index in [-0.39, 0.29) is 5.69 Å². The molecule has 0 aromatic heterocycles. The molecule has 7 heteroatoms. The standard InChI is InChI=1S/C15H20N4O3/c16-18-14(12-7-6-8-13(11-12)19(20)21)17-22-15(18)9-4-2-1-3-5-10-15/h6-8,11H,1-5,9-10,16H2. The predicted octanol–water partition coefficient (Wildman–Crippen LogP) is 2.90. The number of nitro benzene ring substituents is 1. The van der Waals surface area contributed by atoms with Gasteiger partial charge in [0.2, 0.25) is 5.72 Å². The lowest BCUT2D eigenvalue weighted by molar-refractivity contribution is -0.384. The average Bonchev–Trinajstić information content (AvgIpc) is 2.81. The number of amidine groups is 1. The van der Waals surface area contributed by atoms with E-state index < -0.39 is 10.6 Å². The lowest BCUT2D eigenvalue weighted by atomic mass is 9.93. The third-order valence-electron chi connectivity index (χ3n) is 4.42. The highest BCUT2D eigenvalue weighted by molar-refractivity contribution is 5.99. The number of nitro groups is 1. The fourth-order valence-corrected chi connectivity index (χ4v) is 3.15. The van der Waals surface area contributed by atoms with Crippen LogP contribution in [-0.4, -0.2) is 21.5 Å². The van der Waals surface area contributed by atoms with E-state index in [0.717, 1.165) is 25.7 Å². The van der Waals surface area contributed by atoms with Crippen molar-refractivity contribution < 1.29 is 9.76 Å². The van der Waals surface area contributed by atoms with E-state index in [1.807, 2.05) is 0 Å². The molecule has 3 rings (SSSR count). The Balaban J connectivity index is 1.84. The molecule has 118 valence electrons. The highest BCUT2D eigenvalue weighted by Crippen LogP contribution is 2.36. The van der Waals surface area contributed by atoms with Crippen LogP contribution in [0.1, 0.15) is 50.5 Å². The molecule has 1 aliphatic heterocycles. The maximum absolute atomic E-state index is 10.9. The molecule has 0 atom stereocenters. The fourth-order valence-electron chi connectivity index (χ4n) is 3.15. The molecule has 22 heavy (non-hydrogen) atoms. The predicted molar refractivity (Wildman–Crippen MR) is 81.8 cm³/mol. The molecule has 7 nitrogen and oxygen atoms in total. The molecular formula is C15H20N4O3. The number of non-ortho nitro benzene ring substituents is 1. The second kappa shape index (κ2) is 5.92. The smallest absolute Gasteiger partial charge is 0.270 e. The van der Waals surface area contributed by atoms with Crippen molar-refractivity contribution in [3.8, 4) is 0 Å². The number of nitrogens with two attached hydrogens (primary N) is 1. The minimum atomic E-state index is -0.597. The third kappa shape index (κ3) is 2.64. The summed E-state index contributed by atoms with van der Waals surface area (Å²) in [4.78, 5) is 16.2. The molecule has 1 aromatic carbocycles. The third-order valence-corrected chi connectivity index (χ3v) is 4.42. The van der Waals surface area contributed by atoms with Gasteiger partial charge in [0.05, 0.1) is 4.92 Å². The van der Waals surface area contributed by atoms with Crippen molar-refractivity contribution >= 4 is 11.5 Å². The van der Waals surface area contributed by atoms with Crippen LogP contribution in [0.15, 0.2) is 29.4 Å². The quantitative estimate of drug-likeness (QED) is 0.515. The topological polar surface area (TPSA) is 94.0 Å². The Kier molecular flexibility index (Phi) is 3.98. The van der Waals surface area contributed by atoms with Crippen LogP contribution in [0, 0.1) is 10.1 Å². The lowest BCUT2D eigenvalue weighted by Gasteiger charge is -2.35. The van der Waals surface area contributed by atoms with Crippen molar-refractivity contribution in [2.75, 3.05) is 0 Å². The van der Waals surface area contributed by atoms with Crippen molar-refractivity contribution in [3.05, 3.63) is 39.9 Å². The molecule has 0 saturated heterocycles. The van der Waals surface area contributed by atoms with Crippen LogP contribution in [-0.2, 0) is 4.84 Å². The number of benzene rings is 1. The first-order valence-corrected chi connectivity index (χ1v) is 7.68. The summed E-state index contributed by atoms with van der Waals surface area (Å²) in [5, 5.41) is 16.6. The van der Waals surface area contributed by atoms with E-state index in [1.165, 1.54) is 31.4 Å². The average molecular weight is 304 g/mol. The first kappa shape index (κ1) is 14.8. The van der Waals surface area contributed by atoms with E-state index >= 15 is 0 Å². The summed E-state index contributed by atoms with van der Waals surface area (Å²) in [6.45, 7) is 0. The molecule has 1 heterocycles. The number of hydrogen-bond acceptors (Lipinski definition) is 6. The normalized spacial score (nSPS) is 21.0. The Morgan fingerprint density at radius 2 is 1.91 bits per heavy atom. The van der Waals surface area contributed by atoms with Gasteiger partial charge in [-0.25, -0.2) is 10.9 Å². The molecule has 0 radical (unpaired) electrons. The van der Waals surface area contributed by atoms with E-state index in [4.69, 9.17) is 10.7 Å². The Morgan fingerprint density at radius 1 is 1.23 bits per heavy atom. The summed E-state index contributed by atoms with van der Waals surface area (Å²) in [7, 11) is 0. The summed E-state index contributed by atoms with van der Waals surface area (Å²) in [5.74, 6) is 6.74. The van der Waals surface area contributed by atoms with E-state index in [2.05, 4.69) is 5.16 Å². The Labute approximate surface area is 128 Å². The van der Waals surface area contributed by atoms with Crippen molar-refractivity contribution in [2.45, 2.75) is 50.7 Å². The monoisotopic (exact) mass is 304 g/mol. The molecule has 0 unspecified atom stereocenters. The van der Waals surface area contributed by atoms with Gasteiger partial charge in [-0.2, -0.15) is 0 Å². The molecule has 2 aliphatic rings. The van der Waals surface area contributed by atoms with Crippen LogP contribution in [0.5, 0.6) is 0 Å². The summed E-state index contributed by atoms with van der Waals surface area (Å²) in [5.41, 5.74) is 0.0308. The summed E-state index contributed by atoms with van der Waals surface area (Å²) in [6, 6.07) is 6.32. The van der Waals surface area contributed by atoms with Crippen molar-refractivity contribution in [2.24, 2.45) is 11.0 Å². The summed E-state index contributed by atoms with van der Waals surface area (Å²) < 4.78 is 0. The van der Waals surface area contributed by atoms with Crippen LogP contribution in [0.25, 0.3) is 0 Å². The van der Waals surface area contributed by atoms with Gasteiger partial charge in [-0.15, -0.1) is 0 Å². The highest BCUT2D eigenvalue weighted by Gasteiger charge is 2.44. The van der Waals surface area contributed by atoms with Crippen LogP contribution in [0.2, 0.25) is 0 Å². The van der Waals surface area contributed by atoms with Gasteiger partial charge in [-0.1, -0.05) is 36.6 Å². The molecule has 2 N–H and O–H groups in total. The molecule has 1 fully saturated rings. The summed E-state index contributed by atoms with van der Waals surface area (Å²) in [6.07, 6.45) is 7.34. The van der Waals surface area contributed by atoms with Crippen molar-refractivity contribution in [3.63, 3.8) is 0 Å². The van der Waals surface area contributed by atoms with Gasteiger partial charge >= 0.3 is 0 Å². The number of nitrogens with zero attached hydrogens (tertiary/aromatic N) is 3. The van der Waals surface area contributed by atoms with Crippen LogP contribution < -0.4 is 5.84 Å². The van der Waals surface area contributed by atoms with Crippen LogP contribution >= 0.6 is 0 Å². The van der Waals surface area contributed by atoms with E-state index in [9.17, 15) is 10.1 Å². The van der Waals surface area contributed by atoms with Gasteiger partial charge in [0.1, 0.15) is 0 Å². The molecular weight excluding hydrogens is 284 g/mol. The van der Waals surface area contributed by atoms with Crippen molar-refractivity contribution in [1.29, 1.82) is 0 Å². The Morgan fingerprint density at radius 3 is 2.59 bits per heavy atom. The molecule has 1 saturated carbocycles. The second-order valence-electron chi connectivity index (χ2n) is 5.90. The Hall–Kier alpha value is -2.15. The highest BCUT2D eigenvalue weighted by atomic mass is 16.7. The molecule has 0 bridgehead atoms. The first-order valence-electron chi connectivity index (χ1n) is 7.68. The first-order chi connectivity index (χ1) is 10.6. The van der Waals surface area contributed by atoms with E-state index in [0.29, 0.717) is 11.4 Å². The maximum Gasteiger partial charge on any atom is 0.270 e. The van der Waals surface area contributed by atoms with Gasteiger partial charge in [-0.05, 0) is 12.8 Å². The van der Waals surface area contributed by atoms with Crippen LogP contribution in [0.4, 0.5) is 5.69 Å². The SMILES string of the molecule is NN1C(c2cccc([N+](=O)[O-])c2)=NOC12CCCCCCC2. The largest absolute Gasteiger partial charge is 0.364 e. The second-order valence-corrected chi connectivity index (χ2v) is 5.90. The lowest BCUT2D eigenvalue weighted by Crippen LogP contribution is -2.53. The molecule has 1 spiro atoms. The molecule has 1 aliphatic carbocycles. The molecule has 0 amide bonds. The van der Waals surface area contributed by atoms with Crippen LogP contribution in [0.3, 0.4) is 0 Å². The fraction of sp³-hybridized carbons (Fsp3) is 0.533. The maximum atomic E-state index is 10.9. The zero-order valence-electron chi connectivity index (χ0n) is 12.4. The Bertz CT molecular complexity index is 594. The van der Waals surface area contributed by atoms with E-state index in [1.54, 1.807) is 17.1 Å². The number of hydrazine groups is 1. The van der Waals surface area contributed by atoms with Gasteiger partial charge in [-0.3, -0.25) is 10.1 Å². The number of rotatable bonds is 2. The van der Waals surface area contributed by atoms with Gasteiger partial charge in [0, 0.05) is 30.5 Å².